The van der Waals surface area contributed by atoms with Crippen LogP contribution in [0.2, 0.25) is 0 Å². The lowest BCUT2D eigenvalue weighted by atomic mass is 10.2. The van der Waals surface area contributed by atoms with Crippen LogP contribution in [-0.4, -0.2) is 54.5 Å². The molecule has 138 valence electrons. The number of rotatable bonds is 6. The molecule has 26 heavy (non-hydrogen) atoms. The van der Waals surface area contributed by atoms with Gasteiger partial charge in [-0.1, -0.05) is 30.3 Å². The molecule has 0 unspecified atom stereocenters. The number of thioether (sulfide) groups is 1. The molecule has 1 saturated heterocycles. The molecular formula is C19H22N2O3S2. The van der Waals surface area contributed by atoms with Crippen LogP contribution in [0.4, 0.5) is 5.69 Å². The van der Waals surface area contributed by atoms with Crippen LogP contribution in [0.5, 0.6) is 0 Å². The lowest BCUT2D eigenvalue weighted by Gasteiger charge is -2.25. The lowest BCUT2D eigenvalue weighted by Crippen LogP contribution is -2.38. The summed E-state index contributed by atoms with van der Waals surface area (Å²) in [6.45, 7) is 4.26. The molecule has 0 spiro atoms. The van der Waals surface area contributed by atoms with Crippen molar-refractivity contribution in [3.63, 3.8) is 0 Å². The number of hydrogen-bond acceptors (Lipinski definition) is 6. The molecule has 1 aromatic heterocycles. The molecule has 0 bridgehead atoms. The van der Waals surface area contributed by atoms with E-state index in [4.69, 9.17) is 4.74 Å². The first kappa shape index (κ1) is 18.9. The normalized spacial score (nSPS) is 14.8. The van der Waals surface area contributed by atoms with Crippen LogP contribution in [0, 0.1) is 0 Å². The summed E-state index contributed by atoms with van der Waals surface area (Å²) < 4.78 is 5.16. The number of thiophene rings is 1. The van der Waals surface area contributed by atoms with E-state index in [0.717, 1.165) is 35.0 Å². The third-order valence-corrected chi connectivity index (χ3v) is 6.10. The molecule has 1 fully saturated rings. The highest BCUT2D eigenvalue weighted by atomic mass is 32.2. The van der Waals surface area contributed by atoms with E-state index >= 15 is 0 Å². The van der Waals surface area contributed by atoms with Gasteiger partial charge in [-0.05, 0) is 18.6 Å². The average Bonchev–Trinajstić information content (AvgIpc) is 3.07. The molecule has 1 aliphatic rings. The van der Waals surface area contributed by atoms with E-state index in [0.29, 0.717) is 23.7 Å². The third kappa shape index (κ3) is 4.87. The first-order valence-corrected chi connectivity index (χ1v) is 10.6. The summed E-state index contributed by atoms with van der Waals surface area (Å²) in [5, 5.41) is 2.91. The summed E-state index contributed by atoms with van der Waals surface area (Å²) in [6.07, 6.45) is 0. The molecule has 0 atom stereocenters. The lowest BCUT2D eigenvalue weighted by molar-refractivity contribution is -0.117. The van der Waals surface area contributed by atoms with Gasteiger partial charge in [-0.3, -0.25) is 9.69 Å². The molecule has 1 aromatic carbocycles. The average molecular weight is 391 g/mol. The number of carbonyl (C=O) groups excluding carboxylic acids is 2. The zero-order chi connectivity index (χ0) is 18.4. The number of nitrogens with zero attached hydrogens (tertiary/aromatic N) is 1. The Hall–Kier alpha value is -1.83. The molecule has 2 heterocycles. The molecule has 2 aromatic rings. The maximum atomic E-state index is 12.5. The fourth-order valence-electron chi connectivity index (χ4n) is 2.73. The summed E-state index contributed by atoms with van der Waals surface area (Å²) in [5.74, 6) is 1.61. The van der Waals surface area contributed by atoms with E-state index in [2.05, 4.69) is 10.2 Å². The van der Waals surface area contributed by atoms with Crippen LogP contribution in [0.15, 0.2) is 36.4 Å². The molecule has 0 saturated carbocycles. The van der Waals surface area contributed by atoms with Gasteiger partial charge >= 0.3 is 5.97 Å². The molecule has 0 aliphatic carbocycles. The van der Waals surface area contributed by atoms with E-state index in [1.165, 1.54) is 11.3 Å². The maximum Gasteiger partial charge on any atom is 0.350 e. The summed E-state index contributed by atoms with van der Waals surface area (Å²) in [5.41, 5.74) is 1.54. The van der Waals surface area contributed by atoms with Crippen molar-refractivity contribution in [2.24, 2.45) is 0 Å². The molecule has 1 amide bonds. The predicted molar refractivity (Wildman–Crippen MR) is 108 cm³/mol. The maximum absolute atomic E-state index is 12.5. The highest BCUT2D eigenvalue weighted by molar-refractivity contribution is 7.99. The van der Waals surface area contributed by atoms with Crippen LogP contribution in [0.1, 0.15) is 16.6 Å². The van der Waals surface area contributed by atoms with E-state index in [1.807, 2.05) is 48.2 Å². The van der Waals surface area contributed by atoms with Gasteiger partial charge in [-0.25, -0.2) is 4.79 Å². The van der Waals surface area contributed by atoms with Crippen molar-refractivity contribution in [3.8, 4) is 10.4 Å². The number of carbonyl (C=O) groups is 2. The smallest absolute Gasteiger partial charge is 0.350 e. The van der Waals surface area contributed by atoms with Crippen molar-refractivity contribution in [1.82, 2.24) is 4.90 Å². The predicted octanol–water partition coefficient (Wildman–Crippen LogP) is 3.58. The molecular weight excluding hydrogens is 368 g/mol. The first-order valence-electron chi connectivity index (χ1n) is 8.63. The summed E-state index contributed by atoms with van der Waals surface area (Å²) in [4.78, 5) is 28.3. The number of esters is 1. The highest BCUT2D eigenvalue weighted by Crippen LogP contribution is 2.35. The quantitative estimate of drug-likeness (QED) is 0.764. The Morgan fingerprint density at radius 3 is 2.62 bits per heavy atom. The van der Waals surface area contributed by atoms with Gasteiger partial charge < -0.3 is 10.1 Å². The van der Waals surface area contributed by atoms with E-state index in [1.54, 1.807) is 6.92 Å². The van der Waals surface area contributed by atoms with E-state index in [-0.39, 0.29) is 5.91 Å². The highest BCUT2D eigenvalue weighted by Gasteiger charge is 2.21. The van der Waals surface area contributed by atoms with Gasteiger partial charge in [0.15, 0.2) is 0 Å². The molecule has 0 radical (unpaired) electrons. The van der Waals surface area contributed by atoms with Gasteiger partial charge in [0.05, 0.1) is 18.8 Å². The monoisotopic (exact) mass is 390 g/mol. The molecule has 7 heteroatoms. The largest absolute Gasteiger partial charge is 0.462 e. The standard InChI is InChI=1S/C19H22N2O3S2/c1-2-24-19(23)18-15(12-16(26-18)14-6-4-3-5-7-14)20-17(22)13-21-8-10-25-11-9-21/h3-7,12H,2,8-11,13H2,1H3,(H,20,22). The van der Waals surface area contributed by atoms with Crippen molar-refractivity contribution in [3.05, 3.63) is 41.3 Å². The van der Waals surface area contributed by atoms with Crippen LogP contribution in [0.25, 0.3) is 10.4 Å². The van der Waals surface area contributed by atoms with Gasteiger partial charge in [0, 0.05) is 29.5 Å². The summed E-state index contributed by atoms with van der Waals surface area (Å²) in [7, 11) is 0. The molecule has 1 N–H and O–H groups in total. The van der Waals surface area contributed by atoms with Crippen LogP contribution in [0.3, 0.4) is 0 Å². The zero-order valence-corrected chi connectivity index (χ0v) is 16.3. The Morgan fingerprint density at radius 2 is 1.92 bits per heavy atom. The minimum Gasteiger partial charge on any atom is -0.462 e. The Morgan fingerprint density at radius 1 is 1.19 bits per heavy atom. The van der Waals surface area contributed by atoms with E-state index < -0.39 is 5.97 Å². The minimum absolute atomic E-state index is 0.0974. The topological polar surface area (TPSA) is 58.6 Å². The Kier molecular flexibility index (Phi) is 6.71. The number of benzene rings is 1. The number of hydrogen-bond donors (Lipinski definition) is 1. The van der Waals surface area contributed by atoms with Crippen molar-refractivity contribution in [1.29, 1.82) is 0 Å². The van der Waals surface area contributed by atoms with Gasteiger partial charge in [0.1, 0.15) is 4.88 Å². The Balaban J connectivity index is 1.78. The number of ether oxygens (including phenoxy) is 1. The molecule has 3 rings (SSSR count). The Labute approximate surface area is 161 Å². The van der Waals surface area contributed by atoms with Crippen molar-refractivity contribution < 1.29 is 14.3 Å². The van der Waals surface area contributed by atoms with Crippen LogP contribution in [-0.2, 0) is 9.53 Å². The number of anilines is 1. The molecule has 1 aliphatic heterocycles. The summed E-state index contributed by atoms with van der Waals surface area (Å²) in [6, 6.07) is 11.7. The van der Waals surface area contributed by atoms with Crippen molar-refractivity contribution in [2.45, 2.75) is 6.92 Å². The minimum atomic E-state index is -0.399. The Bertz CT molecular complexity index is 755. The van der Waals surface area contributed by atoms with Gasteiger partial charge in [0.2, 0.25) is 5.91 Å². The number of nitrogens with one attached hydrogen (secondary N) is 1. The van der Waals surface area contributed by atoms with Gasteiger partial charge in [-0.15, -0.1) is 11.3 Å². The van der Waals surface area contributed by atoms with E-state index in [9.17, 15) is 9.59 Å². The van der Waals surface area contributed by atoms with Gasteiger partial charge in [-0.2, -0.15) is 11.8 Å². The van der Waals surface area contributed by atoms with Crippen molar-refractivity contribution in [2.75, 3.05) is 43.1 Å². The van der Waals surface area contributed by atoms with Gasteiger partial charge in [0.25, 0.3) is 0 Å². The third-order valence-electron chi connectivity index (χ3n) is 4.00. The molecule has 5 nitrogen and oxygen atoms in total. The van der Waals surface area contributed by atoms with Crippen LogP contribution >= 0.6 is 23.1 Å². The first-order chi connectivity index (χ1) is 12.7. The summed E-state index contributed by atoms with van der Waals surface area (Å²) >= 11 is 3.25. The fourth-order valence-corrected chi connectivity index (χ4v) is 4.72. The van der Waals surface area contributed by atoms with Crippen molar-refractivity contribution >= 4 is 40.7 Å². The van der Waals surface area contributed by atoms with Crippen LogP contribution < -0.4 is 5.32 Å². The second-order valence-electron chi connectivity index (χ2n) is 5.88. The SMILES string of the molecule is CCOC(=O)c1sc(-c2ccccc2)cc1NC(=O)CN1CCSCC1. The second kappa shape index (κ2) is 9.21. The fraction of sp³-hybridized carbons (Fsp3) is 0.368. The zero-order valence-electron chi connectivity index (χ0n) is 14.7. The second-order valence-corrected chi connectivity index (χ2v) is 8.15. The number of amides is 1.